The van der Waals surface area contributed by atoms with Crippen LogP contribution in [0.4, 0.5) is 0 Å². The highest BCUT2D eigenvalue weighted by atomic mass is 16.3. The first kappa shape index (κ1) is 22.5. The Morgan fingerprint density at radius 1 is 1.00 bits per heavy atom. The molecule has 3 aliphatic rings. The van der Waals surface area contributed by atoms with Crippen LogP contribution in [0.25, 0.3) is 27.4 Å². The predicted octanol–water partition coefficient (Wildman–Crippen LogP) is 6.22. The summed E-state index contributed by atoms with van der Waals surface area (Å²) in [6.45, 7) is 1.94. The third-order valence-electron chi connectivity index (χ3n) is 8.34. The molecule has 4 heteroatoms. The van der Waals surface area contributed by atoms with E-state index in [4.69, 9.17) is 4.98 Å². The van der Waals surface area contributed by atoms with Crippen LogP contribution < -0.4 is 0 Å². The molecule has 1 fully saturated rings. The normalized spacial score (nSPS) is 23.9. The van der Waals surface area contributed by atoms with Gasteiger partial charge in [-0.2, -0.15) is 0 Å². The molecular weight excluding hydrogens is 430 g/mol. The van der Waals surface area contributed by atoms with Gasteiger partial charge in [0, 0.05) is 18.9 Å². The van der Waals surface area contributed by atoms with Crippen molar-refractivity contribution in [3.05, 3.63) is 84.2 Å². The van der Waals surface area contributed by atoms with Gasteiger partial charge in [-0.1, -0.05) is 54.6 Å². The molecule has 3 aromatic carbocycles. The number of nitrogens with one attached hydrogen (secondary N) is 1. The number of benzene rings is 3. The summed E-state index contributed by atoms with van der Waals surface area (Å²) in [6, 6.07) is 23.6. The number of rotatable bonds is 8. The standard InChI is InChI=1S/C31H35N3O/c1-34(17-6-11-30-32-28-9-4-5-10-29(28)33-30)18-16-31(35)21-25-14-15-26(31)20-27(25)24-13-12-22-7-2-3-8-23(22)19-24/h2-5,7-10,12-13,19-20,25-26,35H,6,11,14-18,21H2,1H3,(H,32,33)/t25-,26-,31+/m0/s1. The van der Waals surface area contributed by atoms with Crippen LogP contribution >= 0.6 is 0 Å². The number of aliphatic hydroxyl groups is 1. The topological polar surface area (TPSA) is 52.2 Å². The van der Waals surface area contributed by atoms with Crippen molar-refractivity contribution >= 4 is 27.4 Å². The SMILES string of the molecule is CN(CCCc1nc2ccccc2[nH]1)CC[C@@]1(O)C[C@@H]2CC[C@H]1C=C2c1ccc2ccccc2c1. The second kappa shape index (κ2) is 9.25. The van der Waals surface area contributed by atoms with Gasteiger partial charge in [0.2, 0.25) is 0 Å². The molecule has 7 rings (SSSR count). The van der Waals surface area contributed by atoms with Gasteiger partial charge >= 0.3 is 0 Å². The van der Waals surface area contributed by atoms with Gasteiger partial charge in [-0.05, 0) is 91.7 Å². The minimum Gasteiger partial charge on any atom is -0.389 e. The van der Waals surface area contributed by atoms with Gasteiger partial charge in [0.25, 0.3) is 0 Å². The number of nitrogens with zero attached hydrogens (tertiary/aromatic N) is 2. The summed E-state index contributed by atoms with van der Waals surface area (Å²) >= 11 is 0. The number of hydrogen-bond donors (Lipinski definition) is 2. The van der Waals surface area contributed by atoms with Crippen molar-refractivity contribution in [3.8, 4) is 0 Å². The maximum atomic E-state index is 11.6. The van der Waals surface area contributed by atoms with Crippen LogP contribution in [0.5, 0.6) is 0 Å². The summed E-state index contributed by atoms with van der Waals surface area (Å²) < 4.78 is 0. The fourth-order valence-electron chi connectivity index (χ4n) is 6.31. The summed E-state index contributed by atoms with van der Waals surface area (Å²) in [5.41, 5.74) is 4.37. The fraction of sp³-hybridized carbons (Fsp3) is 0.387. The van der Waals surface area contributed by atoms with Crippen molar-refractivity contribution in [1.29, 1.82) is 0 Å². The minimum absolute atomic E-state index is 0.262. The summed E-state index contributed by atoms with van der Waals surface area (Å²) in [5, 5.41) is 14.2. The molecule has 0 aliphatic heterocycles. The lowest BCUT2D eigenvalue weighted by atomic mass is 9.61. The number of H-pyrrole nitrogens is 1. The summed E-state index contributed by atoms with van der Waals surface area (Å²) in [6.07, 6.45) is 8.45. The molecule has 0 amide bonds. The Hall–Kier alpha value is -2.95. The van der Waals surface area contributed by atoms with Crippen molar-refractivity contribution < 1.29 is 5.11 Å². The van der Waals surface area contributed by atoms with Gasteiger partial charge < -0.3 is 15.0 Å². The molecule has 2 N–H and O–H groups in total. The molecule has 1 heterocycles. The average molecular weight is 466 g/mol. The van der Waals surface area contributed by atoms with E-state index in [1.807, 2.05) is 12.1 Å². The smallest absolute Gasteiger partial charge is 0.107 e. The van der Waals surface area contributed by atoms with Crippen LogP contribution in [-0.2, 0) is 6.42 Å². The number of aromatic nitrogens is 2. The van der Waals surface area contributed by atoms with Gasteiger partial charge in [-0.3, -0.25) is 0 Å². The van der Waals surface area contributed by atoms with E-state index in [0.717, 1.165) is 62.1 Å². The quantitative estimate of drug-likeness (QED) is 0.325. The highest BCUT2D eigenvalue weighted by Gasteiger charge is 2.46. The number of allylic oxidation sites excluding steroid dienone is 1. The molecule has 0 unspecified atom stereocenters. The van der Waals surface area contributed by atoms with E-state index >= 15 is 0 Å². The molecule has 180 valence electrons. The van der Waals surface area contributed by atoms with Gasteiger partial charge in [0.15, 0.2) is 0 Å². The monoisotopic (exact) mass is 465 g/mol. The number of hydrogen-bond acceptors (Lipinski definition) is 3. The number of imidazole rings is 1. The Morgan fingerprint density at radius 3 is 2.66 bits per heavy atom. The molecule has 3 atom stereocenters. The molecular formula is C31H35N3O. The summed E-state index contributed by atoms with van der Waals surface area (Å²) in [7, 11) is 2.18. The van der Waals surface area contributed by atoms with Crippen LogP contribution in [0.2, 0.25) is 0 Å². The molecule has 3 aliphatic carbocycles. The highest BCUT2D eigenvalue weighted by molar-refractivity contribution is 5.87. The Balaban J connectivity index is 1.06. The number of fused-ring (bicyclic) bond motifs is 4. The zero-order chi connectivity index (χ0) is 23.8. The molecule has 4 nitrogen and oxygen atoms in total. The molecule has 0 saturated heterocycles. The second-order valence-electron chi connectivity index (χ2n) is 10.7. The number of para-hydroxylation sites is 2. The van der Waals surface area contributed by atoms with Crippen LogP contribution in [-0.4, -0.2) is 45.7 Å². The van der Waals surface area contributed by atoms with E-state index in [-0.39, 0.29) is 5.92 Å². The summed E-state index contributed by atoms with van der Waals surface area (Å²) in [4.78, 5) is 10.5. The Bertz CT molecular complexity index is 1340. The van der Waals surface area contributed by atoms with E-state index in [1.54, 1.807) is 0 Å². The van der Waals surface area contributed by atoms with Crippen LogP contribution in [0.15, 0.2) is 72.8 Å². The third kappa shape index (κ3) is 4.53. The molecule has 0 spiro atoms. The largest absolute Gasteiger partial charge is 0.389 e. The van der Waals surface area contributed by atoms with Crippen molar-refractivity contribution in [1.82, 2.24) is 14.9 Å². The van der Waals surface area contributed by atoms with E-state index in [0.29, 0.717) is 5.92 Å². The second-order valence-corrected chi connectivity index (χ2v) is 10.7. The first-order chi connectivity index (χ1) is 17.1. The predicted molar refractivity (Wildman–Crippen MR) is 144 cm³/mol. The summed E-state index contributed by atoms with van der Waals surface area (Å²) in [5.74, 6) is 1.79. The Labute approximate surface area is 207 Å². The maximum Gasteiger partial charge on any atom is 0.107 e. The Morgan fingerprint density at radius 2 is 1.83 bits per heavy atom. The van der Waals surface area contributed by atoms with Crippen LogP contribution in [0.3, 0.4) is 0 Å². The zero-order valence-electron chi connectivity index (χ0n) is 20.6. The number of aryl methyl sites for hydroxylation is 1. The van der Waals surface area contributed by atoms with Crippen LogP contribution in [0, 0.1) is 11.8 Å². The Kier molecular flexibility index (Phi) is 5.95. The van der Waals surface area contributed by atoms with E-state index in [2.05, 4.69) is 77.6 Å². The first-order valence-electron chi connectivity index (χ1n) is 13.1. The van der Waals surface area contributed by atoms with E-state index in [9.17, 15) is 5.11 Å². The highest BCUT2D eigenvalue weighted by Crippen LogP contribution is 2.51. The van der Waals surface area contributed by atoms with E-state index in [1.165, 1.54) is 28.3 Å². The molecule has 2 bridgehead atoms. The molecule has 4 aromatic rings. The lowest BCUT2D eigenvalue weighted by Crippen LogP contribution is -2.48. The molecule has 0 radical (unpaired) electrons. The average Bonchev–Trinajstić information content (AvgIpc) is 3.30. The first-order valence-corrected chi connectivity index (χ1v) is 13.1. The van der Waals surface area contributed by atoms with Gasteiger partial charge in [0.05, 0.1) is 16.6 Å². The lowest BCUT2D eigenvalue weighted by Gasteiger charge is -2.48. The van der Waals surface area contributed by atoms with Crippen molar-refractivity contribution in [2.24, 2.45) is 11.8 Å². The van der Waals surface area contributed by atoms with Crippen molar-refractivity contribution in [3.63, 3.8) is 0 Å². The van der Waals surface area contributed by atoms with E-state index < -0.39 is 5.60 Å². The fourth-order valence-corrected chi connectivity index (χ4v) is 6.31. The molecule has 1 saturated carbocycles. The van der Waals surface area contributed by atoms with Gasteiger partial charge in [0.1, 0.15) is 5.82 Å². The number of aromatic amines is 1. The van der Waals surface area contributed by atoms with Crippen LogP contribution in [0.1, 0.15) is 43.5 Å². The third-order valence-corrected chi connectivity index (χ3v) is 8.34. The molecule has 1 aromatic heterocycles. The van der Waals surface area contributed by atoms with Gasteiger partial charge in [-0.15, -0.1) is 0 Å². The van der Waals surface area contributed by atoms with Crippen molar-refractivity contribution in [2.75, 3.05) is 20.1 Å². The molecule has 35 heavy (non-hydrogen) atoms. The van der Waals surface area contributed by atoms with Gasteiger partial charge in [-0.25, -0.2) is 4.98 Å². The minimum atomic E-state index is -0.573. The van der Waals surface area contributed by atoms with Crippen molar-refractivity contribution in [2.45, 2.75) is 44.1 Å². The lowest BCUT2D eigenvalue weighted by molar-refractivity contribution is -0.0574. The maximum absolute atomic E-state index is 11.6. The zero-order valence-corrected chi connectivity index (χ0v) is 20.6.